The van der Waals surface area contributed by atoms with E-state index in [9.17, 15) is 0 Å². The summed E-state index contributed by atoms with van der Waals surface area (Å²) >= 11 is 0. The summed E-state index contributed by atoms with van der Waals surface area (Å²) in [6, 6.07) is 20.8. The molecule has 3 aromatic carbocycles. The molecular formula is C19H17N3. The monoisotopic (exact) mass is 287 g/mol. The quantitative estimate of drug-likeness (QED) is 0.700. The van der Waals surface area contributed by atoms with Crippen LogP contribution in [0.25, 0.3) is 10.8 Å². The van der Waals surface area contributed by atoms with Crippen molar-refractivity contribution in [1.82, 2.24) is 0 Å². The number of nitrogens with zero attached hydrogens (tertiary/aromatic N) is 1. The van der Waals surface area contributed by atoms with Crippen LogP contribution in [0.1, 0.15) is 11.1 Å². The molecule has 108 valence electrons. The zero-order chi connectivity index (χ0) is 14.9. The third-order valence-electron chi connectivity index (χ3n) is 4.09. The summed E-state index contributed by atoms with van der Waals surface area (Å²) in [7, 11) is 0. The van der Waals surface area contributed by atoms with E-state index in [-0.39, 0.29) is 0 Å². The third kappa shape index (κ3) is 2.31. The van der Waals surface area contributed by atoms with Crippen LogP contribution >= 0.6 is 0 Å². The number of nitrogens with two attached hydrogens (primary N) is 1. The first-order valence-corrected chi connectivity index (χ1v) is 7.45. The minimum absolute atomic E-state index is 0.688. The zero-order valence-electron chi connectivity index (χ0n) is 12.2. The highest BCUT2D eigenvalue weighted by atomic mass is 15.0. The number of fused-ring (bicyclic) bond motifs is 2. The second kappa shape index (κ2) is 5.19. The van der Waals surface area contributed by atoms with Crippen LogP contribution in [-0.4, -0.2) is 5.84 Å². The van der Waals surface area contributed by atoms with Gasteiger partial charge in [0.1, 0.15) is 5.84 Å². The summed E-state index contributed by atoms with van der Waals surface area (Å²) in [6.45, 7) is 0.688. The van der Waals surface area contributed by atoms with Crippen molar-refractivity contribution in [2.45, 2.75) is 13.0 Å². The lowest BCUT2D eigenvalue weighted by Crippen LogP contribution is -2.06. The van der Waals surface area contributed by atoms with Crippen molar-refractivity contribution in [3.63, 3.8) is 0 Å². The van der Waals surface area contributed by atoms with Gasteiger partial charge in [0.15, 0.2) is 0 Å². The Morgan fingerprint density at radius 2 is 1.86 bits per heavy atom. The highest BCUT2D eigenvalue weighted by molar-refractivity contribution is 6.03. The Balaban J connectivity index is 1.60. The molecule has 0 unspecified atom stereocenters. The molecule has 1 aliphatic heterocycles. The molecule has 0 saturated heterocycles. The second-order valence-electron chi connectivity index (χ2n) is 5.62. The van der Waals surface area contributed by atoms with Crippen LogP contribution in [0.4, 0.5) is 11.4 Å². The van der Waals surface area contributed by atoms with E-state index in [1.165, 1.54) is 21.9 Å². The van der Waals surface area contributed by atoms with Gasteiger partial charge in [-0.1, -0.05) is 48.5 Å². The van der Waals surface area contributed by atoms with E-state index < -0.39 is 0 Å². The normalized spacial score (nSPS) is 15.0. The molecule has 0 amide bonds. The Morgan fingerprint density at radius 3 is 2.82 bits per heavy atom. The summed E-state index contributed by atoms with van der Waals surface area (Å²) in [6.07, 6.45) is 0.848. The first kappa shape index (κ1) is 12.9. The van der Waals surface area contributed by atoms with E-state index in [0.717, 1.165) is 23.6 Å². The Kier molecular flexibility index (Phi) is 3.04. The number of hydrogen-bond donors (Lipinski definition) is 2. The maximum atomic E-state index is 5.82. The number of anilines is 2. The summed E-state index contributed by atoms with van der Waals surface area (Å²) < 4.78 is 0. The molecule has 3 heteroatoms. The van der Waals surface area contributed by atoms with Crippen LogP contribution in [0.5, 0.6) is 0 Å². The smallest absolute Gasteiger partial charge is 0.106 e. The number of hydrogen-bond acceptors (Lipinski definition) is 2. The SMILES string of the molecule is Nc1ccc2c(c1)NC(=NCc1cccc3ccccc13)C2. The fourth-order valence-electron chi connectivity index (χ4n) is 2.95. The summed E-state index contributed by atoms with van der Waals surface area (Å²) in [5.41, 5.74) is 10.2. The molecular weight excluding hydrogens is 270 g/mol. The van der Waals surface area contributed by atoms with Crippen molar-refractivity contribution in [3.8, 4) is 0 Å². The van der Waals surface area contributed by atoms with Gasteiger partial charge in [-0.25, -0.2) is 0 Å². The molecule has 3 aromatic rings. The number of benzene rings is 3. The van der Waals surface area contributed by atoms with Gasteiger partial charge in [-0.15, -0.1) is 0 Å². The lowest BCUT2D eigenvalue weighted by molar-refractivity contribution is 1.07. The number of nitrogens with one attached hydrogen (secondary N) is 1. The predicted octanol–water partition coefficient (Wildman–Crippen LogP) is 3.99. The van der Waals surface area contributed by atoms with Crippen LogP contribution in [0.15, 0.2) is 65.7 Å². The summed E-state index contributed by atoms with van der Waals surface area (Å²) in [5, 5.41) is 5.90. The molecule has 0 fully saturated rings. The van der Waals surface area contributed by atoms with Crippen molar-refractivity contribution in [1.29, 1.82) is 0 Å². The fourth-order valence-corrected chi connectivity index (χ4v) is 2.95. The zero-order valence-corrected chi connectivity index (χ0v) is 12.2. The van der Waals surface area contributed by atoms with Gasteiger partial charge in [0, 0.05) is 17.8 Å². The molecule has 3 N–H and O–H groups in total. The van der Waals surface area contributed by atoms with E-state index >= 15 is 0 Å². The lowest BCUT2D eigenvalue weighted by Gasteiger charge is -2.05. The second-order valence-corrected chi connectivity index (χ2v) is 5.62. The first-order valence-electron chi connectivity index (χ1n) is 7.45. The maximum Gasteiger partial charge on any atom is 0.106 e. The topological polar surface area (TPSA) is 50.4 Å². The Bertz CT molecular complexity index is 875. The van der Waals surface area contributed by atoms with E-state index in [4.69, 9.17) is 10.7 Å². The molecule has 0 aromatic heterocycles. The van der Waals surface area contributed by atoms with Gasteiger partial charge in [-0.2, -0.15) is 0 Å². The standard InChI is InChI=1S/C19H17N3/c20-16-9-8-14-10-19(22-18(14)11-16)21-12-15-6-3-5-13-4-1-2-7-17(13)15/h1-9,11H,10,12,20H2,(H,21,22). The van der Waals surface area contributed by atoms with Gasteiger partial charge in [-0.05, 0) is 34.0 Å². The highest BCUT2D eigenvalue weighted by Gasteiger charge is 2.15. The fraction of sp³-hybridized carbons (Fsp3) is 0.105. The molecule has 4 rings (SSSR count). The molecule has 0 radical (unpaired) electrons. The van der Waals surface area contributed by atoms with Crippen molar-refractivity contribution < 1.29 is 0 Å². The predicted molar refractivity (Wildman–Crippen MR) is 93.3 cm³/mol. The van der Waals surface area contributed by atoms with Crippen LogP contribution in [-0.2, 0) is 13.0 Å². The average Bonchev–Trinajstić information content (AvgIpc) is 2.95. The van der Waals surface area contributed by atoms with Crippen LogP contribution in [0.3, 0.4) is 0 Å². The van der Waals surface area contributed by atoms with E-state index in [0.29, 0.717) is 6.54 Å². The van der Waals surface area contributed by atoms with Gasteiger partial charge < -0.3 is 11.1 Å². The number of amidine groups is 1. The van der Waals surface area contributed by atoms with Crippen LogP contribution in [0.2, 0.25) is 0 Å². The largest absolute Gasteiger partial charge is 0.399 e. The molecule has 1 heterocycles. The van der Waals surface area contributed by atoms with Crippen LogP contribution < -0.4 is 11.1 Å². The van der Waals surface area contributed by atoms with Gasteiger partial charge in [0.05, 0.1) is 6.54 Å². The van der Waals surface area contributed by atoms with Gasteiger partial charge in [0.2, 0.25) is 0 Å². The Hall–Kier alpha value is -2.81. The van der Waals surface area contributed by atoms with Crippen molar-refractivity contribution in [2.75, 3.05) is 11.1 Å². The molecule has 3 nitrogen and oxygen atoms in total. The van der Waals surface area contributed by atoms with E-state index in [1.807, 2.05) is 12.1 Å². The van der Waals surface area contributed by atoms with Crippen molar-refractivity contribution in [2.24, 2.45) is 4.99 Å². The van der Waals surface area contributed by atoms with Gasteiger partial charge in [-0.3, -0.25) is 4.99 Å². The number of rotatable bonds is 2. The van der Waals surface area contributed by atoms with E-state index in [1.54, 1.807) is 0 Å². The molecule has 0 spiro atoms. The van der Waals surface area contributed by atoms with Crippen molar-refractivity contribution in [3.05, 3.63) is 71.8 Å². The Labute approximate surface area is 129 Å². The highest BCUT2D eigenvalue weighted by Crippen LogP contribution is 2.26. The van der Waals surface area contributed by atoms with Gasteiger partial charge >= 0.3 is 0 Å². The maximum absolute atomic E-state index is 5.82. The summed E-state index contributed by atoms with van der Waals surface area (Å²) in [4.78, 5) is 4.75. The first-order chi connectivity index (χ1) is 10.8. The molecule has 0 bridgehead atoms. The van der Waals surface area contributed by atoms with E-state index in [2.05, 4.69) is 53.8 Å². The Morgan fingerprint density at radius 1 is 1.00 bits per heavy atom. The lowest BCUT2D eigenvalue weighted by atomic mass is 10.0. The third-order valence-corrected chi connectivity index (χ3v) is 4.09. The minimum atomic E-state index is 0.688. The average molecular weight is 287 g/mol. The molecule has 0 aliphatic carbocycles. The molecule has 1 aliphatic rings. The van der Waals surface area contributed by atoms with Gasteiger partial charge in [0.25, 0.3) is 0 Å². The molecule has 22 heavy (non-hydrogen) atoms. The molecule has 0 atom stereocenters. The van der Waals surface area contributed by atoms with Crippen molar-refractivity contribution >= 4 is 28.0 Å². The number of aliphatic imine (C=N–C) groups is 1. The summed E-state index contributed by atoms with van der Waals surface area (Å²) in [5.74, 6) is 1.01. The molecule has 0 saturated carbocycles. The minimum Gasteiger partial charge on any atom is -0.399 e. The van der Waals surface area contributed by atoms with Crippen LogP contribution in [0, 0.1) is 0 Å². The number of nitrogen functional groups attached to an aromatic ring is 1.